The molecule has 0 N–H and O–H groups in total. The van der Waals surface area contributed by atoms with Crippen LogP contribution in [-0.4, -0.2) is 23.8 Å². The van der Waals surface area contributed by atoms with E-state index in [0.717, 1.165) is 11.9 Å². The summed E-state index contributed by atoms with van der Waals surface area (Å²) in [6.45, 7) is 2.33. The lowest BCUT2D eigenvalue weighted by atomic mass is 9.70. The highest BCUT2D eigenvalue weighted by Crippen LogP contribution is 2.42. The summed E-state index contributed by atoms with van der Waals surface area (Å²) in [5, 5.41) is 5.57. The number of hydrogen-bond acceptors (Lipinski definition) is 2. The first kappa shape index (κ1) is 11.6. The lowest BCUT2D eigenvalue weighted by molar-refractivity contribution is 0.102. The van der Waals surface area contributed by atoms with Gasteiger partial charge in [0, 0.05) is 18.4 Å². The van der Waals surface area contributed by atoms with Crippen molar-refractivity contribution in [3.05, 3.63) is 22.4 Å². The van der Waals surface area contributed by atoms with Crippen molar-refractivity contribution in [3.8, 4) is 0 Å². The van der Waals surface area contributed by atoms with Gasteiger partial charge in [0.1, 0.15) is 0 Å². The fourth-order valence-electron chi connectivity index (χ4n) is 2.33. The summed E-state index contributed by atoms with van der Waals surface area (Å²) in [4.78, 5) is 2.46. The summed E-state index contributed by atoms with van der Waals surface area (Å²) in [5.41, 5.74) is 2.02. The van der Waals surface area contributed by atoms with Gasteiger partial charge in [-0.05, 0) is 47.7 Å². The number of hydrogen-bond donors (Lipinski definition) is 0. The number of alkyl halides is 1. The van der Waals surface area contributed by atoms with Crippen LogP contribution in [0.3, 0.4) is 0 Å². The monoisotopic (exact) mass is 287 g/mol. The summed E-state index contributed by atoms with van der Waals surface area (Å²) in [7, 11) is 2.24. The third-order valence-corrected chi connectivity index (χ3v) is 5.26. The molecule has 1 saturated carbocycles. The van der Waals surface area contributed by atoms with Gasteiger partial charge in [-0.2, -0.15) is 11.3 Å². The van der Waals surface area contributed by atoms with Gasteiger partial charge < -0.3 is 4.90 Å². The molecule has 84 valence electrons. The Morgan fingerprint density at radius 3 is 2.80 bits per heavy atom. The molecular weight excluding hydrogens is 270 g/mol. The third-order valence-electron chi connectivity index (χ3n) is 3.34. The van der Waals surface area contributed by atoms with Gasteiger partial charge in [-0.25, -0.2) is 0 Å². The molecule has 0 radical (unpaired) electrons. The maximum atomic E-state index is 3.67. The molecule has 1 aromatic rings. The van der Waals surface area contributed by atoms with Crippen molar-refractivity contribution in [2.75, 3.05) is 18.9 Å². The van der Waals surface area contributed by atoms with E-state index in [2.05, 4.69) is 44.7 Å². The zero-order chi connectivity index (χ0) is 10.7. The number of rotatable bonds is 5. The Morgan fingerprint density at radius 2 is 2.33 bits per heavy atom. The number of halogens is 1. The van der Waals surface area contributed by atoms with E-state index in [1.54, 1.807) is 11.3 Å². The van der Waals surface area contributed by atoms with E-state index in [1.807, 2.05) is 0 Å². The lowest BCUT2D eigenvalue weighted by Crippen LogP contribution is -2.41. The van der Waals surface area contributed by atoms with Crippen molar-refractivity contribution in [1.82, 2.24) is 4.90 Å². The Kier molecular flexibility index (Phi) is 3.86. The van der Waals surface area contributed by atoms with Crippen LogP contribution in [0.5, 0.6) is 0 Å². The van der Waals surface area contributed by atoms with E-state index < -0.39 is 0 Å². The molecule has 0 aromatic carbocycles. The first-order valence-electron chi connectivity index (χ1n) is 5.50. The lowest BCUT2D eigenvalue weighted by Gasteiger charge is -2.43. The molecule has 1 fully saturated rings. The third kappa shape index (κ3) is 2.83. The molecular formula is C12H18BrNS. The molecule has 1 aromatic heterocycles. The molecule has 1 aliphatic rings. The van der Waals surface area contributed by atoms with E-state index in [1.165, 1.54) is 31.4 Å². The molecule has 0 saturated heterocycles. The van der Waals surface area contributed by atoms with Crippen LogP contribution in [0.2, 0.25) is 0 Å². The summed E-state index contributed by atoms with van der Waals surface area (Å²) in [6.07, 6.45) is 4.20. The minimum atomic E-state index is 0.574. The second kappa shape index (κ2) is 4.98. The van der Waals surface area contributed by atoms with E-state index in [9.17, 15) is 0 Å². The van der Waals surface area contributed by atoms with Crippen molar-refractivity contribution in [2.24, 2.45) is 5.41 Å². The maximum Gasteiger partial charge on any atom is 0.0239 e. The normalized spacial score (nSPS) is 19.1. The molecule has 3 heteroatoms. The van der Waals surface area contributed by atoms with Crippen molar-refractivity contribution in [2.45, 2.75) is 25.8 Å². The second-order valence-electron chi connectivity index (χ2n) is 4.79. The average Bonchev–Trinajstić information content (AvgIpc) is 2.64. The Bertz CT molecular complexity index is 287. The minimum absolute atomic E-state index is 0.574. The van der Waals surface area contributed by atoms with Crippen LogP contribution in [0.25, 0.3) is 0 Å². The summed E-state index contributed by atoms with van der Waals surface area (Å²) in [5.74, 6) is 0. The van der Waals surface area contributed by atoms with Crippen LogP contribution >= 0.6 is 27.3 Å². The quantitative estimate of drug-likeness (QED) is 0.746. The van der Waals surface area contributed by atoms with Gasteiger partial charge in [-0.1, -0.05) is 22.4 Å². The van der Waals surface area contributed by atoms with Gasteiger partial charge in [-0.15, -0.1) is 0 Å². The highest BCUT2D eigenvalue weighted by molar-refractivity contribution is 9.09. The Morgan fingerprint density at radius 1 is 1.53 bits per heavy atom. The van der Waals surface area contributed by atoms with Gasteiger partial charge >= 0.3 is 0 Å². The molecule has 0 atom stereocenters. The summed E-state index contributed by atoms with van der Waals surface area (Å²) >= 11 is 5.45. The van der Waals surface area contributed by atoms with Crippen molar-refractivity contribution >= 4 is 27.3 Å². The molecule has 0 bridgehead atoms. The molecule has 0 unspecified atom stereocenters. The maximum absolute atomic E-state index is 3.67. The van der Waals surface area contributed by atoms with Crippen LogP contribution in [0, 0.1) is 5.41 Å². The number of thiophene rings is 1. The fraction of sp³-hybridized carbons (Fsp3) is 0.667. The fourth-order valence-corrected chi connectivity index (χ4v) is 3.73. The second-order valence-corrected chi connectivity index (χ2v) is 6.13. The molecule has 0 amide bonds. The first-order chi connectivity index (χ1) is 7.24. The zero-order valence-electron chi connectivity index (χ0n) is 9.21. The van der Waals surface area contributed by atoms with Gasteiger partial charge in [0.2, 0.25) is 0 Å². The highest BCUT2D eigenvalue weighted by atomic mass is 79.9. The predicted molar refractivity (Wildman–Crippen MR) is 70.7 cm³/mol. The van der Waals surface area contributed by atoms with Crippen LogP contribution in [-0.2, 0) is 6.54 Å². The minimum Gasteiger partial charge on any atom is -0.302 e. The van der Waals surface area contributed by atoms with Gasteiger partial charge in [0.05, 0.1) is 0 Å². The highest BCUT2D eigenvalue weighted by Gasteiger charge is 2.36. The van der Waals surface area contributed by atoms with Gasteiger partial charge in [0.25, 0.3) is 0 Å². The summed E-state index contributed by atoms with van der Waals surface area (Å²) in [6, 6.07) is 2.22. The van der Waals surface area contributed by atoms with E-state index in [-0.39, 0.29) is 0 Å². The van der Waals surface area contributed by atoms with Crippen LogP contribution < -0.4 is 0 Å². The molecule has 0 aliphatic heterocycles. The first-order valence-corrected chi connectivity index (χ1v) is 7.56. The molecule has 1 aliphatic carbocycles. The predicted octanol–water partition coefficient (Wildman–Crippen LogP) is 3.75. The van der Waals surface area contributed by atoms with E-state index in [0.29, 0.717) is 5.41 Å². The van der Waals surface area contributed by atoms with E-state index >= 15 is 0 Å². The topological polar surface area (TPSA) is 3.24 Å². The Balaban J connectivity index is 1.84. The average molecular weight is 288 g/mol. The SMILES string of the molecule is CN(Cc1ccsc1)CC1(CBr)CCC1. The largest absolute Gasteiger partial charge is 0.302 e. The molecule has 0 spiro atoms. The Hall–Kier alpha value is 0.140. The smallest absolute Gasteiger partial charge is 0.0239 e. The summed E-state index contributed by atoms with van der Waals surface area (Å²) < 4.78 is 0. The van der Waals surface area contributed by atoms with E-state index in [4.69, 9.17) is 0 Å². The van der Waals surface area contributed by atoms with Gasteiger partial charge in [-0.3, -0.25) is 0 Å². The molecule has 1 heterocycles. The van der Waals surface area contributed by atoms with Crippen molar-refractivity contribution in [3.63, 3.8) is 0 Å². The standard InChI is InChI=1S/C12H18BrNS/c1-14(7-11-3-6-15-8-11)10-12(9-13)4-2-5-12/h3,6,8H,2,4-5,7,9-10H2,1H3. The van der Waals surface area contributed by atoms with Crippen molar-refractivity contribution < 1.29 is 0 Å². The molecule has 1 nitrogen and oxygen atoms in total. The molecule has 15 heavy (non-hydrogen) atoms. The van der Waals surface area contributed by atoms with Crippen molar-refractivity contribution in [1.29, 1.82) is 0 Å². The number of nitrogens with zero attached hydrogens (tertiary/aromatic N) is 1. The van der Waals surface area contributed by atoms with Crippen LogP contribution in [0.1, 0.15) is 24.8 Å². The van der Waals surface area contributed by atoms with Gasteiger partial charge in [0.15, 0.2) is 0 Å². The van der Waals surface area contributed by atoms with Crippen LogP contribution in [0.4, 0.5) is 0 Å². The zero-order valence-corrected chi connectivity index (χ0v) is 11.6. The molecule has 2 rings (SSSR count). The van der Waals surface area contributed by atoms with Crippen LogP contribution in [0.15, 0.2) is 16.8 Å². The Labute approximate surface area is 105 Å².